The van der Waals surface area contributed by atoms with E-state index in [2.05, 4.69) is 25.3 Å². The lowest BCUT2D eigenvalue weighted by Gasteiger charge is -2.10. The van der Waals surface area contributed by atoms with Gasteiger partial charge in [0, 0.05) is 6.20 Å². The van der Waals surface area contributed by atoms with Crippen LogP contribution in [0.2, 0.25) is 0 Å². The summed E-state index contributed by atoms with van der Waals surface area (Å²) in [5.74, 6) is 0.626. The summed E-state index contributed by atoms with van der Waals surface area (Å²) in [6.45, 7) is 1.80. The fourth-order valence-electron chi connectivity index (χ4n) is 2.41. The van der Waals surface area contributed by atoms with Gasteiger partial charge in [0.15, 0.2) is 0 Å². The number of aromatic nitrogens is 6. The van der Waals surface area contributed by atoms with Crippen molar-refractivity contribution < 1.29 is 4.52 Å². The zero-order valence-electron chi connectivity index (χ0n) is 12.7. The van der Waals surface area contributed by atoms with Gasteiger partial charge in [0.25, 0.3) is 5.56 Å². The number of rotatable bonds is 3. The van der Waals surface area contributed by atoms with Gasteiger partial charge >= 0.3 is 0 Å². The highest BCUT2D eigenvalue weighted by molar-refractivity contribution is 5.76. The van der Waals surface area contributed by atoms with Crippen molar-refractivity contribution in [3.63, 3.8) is 0 Å². The first-order chi connectivity index (χ1) is 11.7. The van der Waals surface area contributed by atoms with Gasteiger partial charge in [-0.1, -0.05) is 17.3 Å². The first-order valence-electron chi connectivity index (χ1n) is 7.31. The van der Waals surface area contributed by atoms with E-state index >= 15 is 0 Å². The monoisotopic (exact) mass is 320 g/mol. The fraction of sp³-hybridized carbons (Fsp3) is 0.125. The molecule has 3 aromatic heterocycles. The topological polar surface area (TPSA) is 99.6 Å². The third-order valence-electron chi connectivity index (χ3n) is 3.71. The quantitative estimate of drug-likeness (QED) is 0.568. The van der Waals surface area contributed by atoms with Crippen molar-refractivity contribution in [2.45, 2.75) is 13.0 Å². The Kier molecular flexibility index (Phi) is 3.34. The van der Waals surface area contributed by atoms with Gasteiger partial charge in [-0.3, -0.25) is 9.36 Å². The van der Waals surface area contributed by atoms with Gasteiger partial charge in [-0.15, -0.1) is 5.10 Å². The van der Waals surface area contributed by atoms with Gasteiger partial charge in [-0.25, -0.2) is 4.98 Å². The minimum Gasteiger partial charge on any atom is -0.337 e. The normalized spacial score (nSPS) is 12.4. The van der Waals surface area contributed by atoms with E-state index in [-0.39, 0.29) is 5.56 Å². The maximum absolute atomic E-state index is 12.6. The maximum atomic E-state index is 12.6. The molecule has 0 saturated carbocycles. The first-order valence-corrected chi connectivity index (χ1v) is 7.31. The standard InChI is InChI=1S/C16H12N6O2/c1-10(15-19-14(21-24-15)13-7-4-8-18-20-13)22-9-17-12-6-3-2-5-11(12)16(22)23/h2-10H,1H3. The van der Waals surface area contributed by atoms with Crippen LogP contribution in [0.3, 0.4) is 0 Å². The summed E-state index contributed by atoms with van der Waals surface area (Å²) in [6.07, 6.45) is 3.05. The molecule has 3 heterocycles. The van der Waals surface area contributed by atoms with Crippen molar-refractivity contribution in [3.05, 3.63) is 65.2 Å². The number of para-hydroxylation sites is 1. The van der Waals surface area contributed by atoms with Crippen LogP contribution < -0.4 is 5.56 Å². The summed E-state index contributed by atoms with van der Waals surface area (Å²) in [6, 6.07) is 10.2. The zero-order valence-corrected chi connectivity index (χ0v) is 12.7. The van der Waals surface area contributed by atoms with Crippen molar-refractivity contribution in [3.8, 4) is 11.5 Å². The van der Waals surface area contributed by atoms with E-state index in [9.17, 15) is 4.79 Å². The highest BCUT2D eigenvalue weighted by atomic mass is 16.5. The van der Waals surface area contributed by atoms with Gasteiger partial charge in [-0.05, 0) is 31.2 Å². The number of benzene rings is 1. The van der Waals surface area contributed by atoms with E-state index < -0.39 is 6.04 Å². The Labute approximate surface area is 135 Å². The summed E-state index contributed by atoms with van der Waals surface area (Å²) in [7, 11) is 0. The maximum Gasteiger partial charge on any atom is 0.261 e. The lowest BCUT2D eigenvalue weighted by atomic mass is 10.2. The van der Waals surface area contributed by atoms with Gasteiger partial charge in [-0.2, -0.15) is 10.1 Å². The van der Waals surface area contributed by atoms with Crippen LogP contribution in [-0.2, 0) is 0 Å². The number of hydrogen-bond donors (Lipinski definition) is 0. The molecule has 4 aromatic rings. The predicted octanol–water partition coefficient (Wildman–Crippen LogP) is 1.85. The highest BCUT2D eigenvalue weighted by Crippen LogP contribution is 2.18. The molecule has 0 aliphatic rings. The Balaban J connectivity index is 1.75. The molecule has 0 radical (unpaired) electrons. The summed E-state index contributed by atoms with van der Waals surface area (Å²) in [5.41, 5.74) is 0.993. The van der Waals surface area contributed by atoms with Crippen LogP contribution in [0.4, 0.5) is 0 Å². The molecule has 8 nitrogen and oxygen atoms in total. The van der Waals surface area contributed by atoms with Gasteiger partial charge in [0.1, 0.15) is 11.7 Å². The van der Waals surface area contributed by atoms with Crippen molar-refractivity contribution in [1.29, 1.82) is 0 Å². The van der Waals surface area contributed by atoms with Crippen molar-refractivity contribution in [1.82, 2.24) is 29.9 Å². The molecule has 0 aliphatic heterocycles. The second kappa shape index (κ2) is 5.65. The molecule has 1 atom stereocenters. The fourth-order valence-corrected chi connectivity index (χ4v) is 2.41. The van der Waals surface area contributed by atoms with Gasteiger partial charge in [0.05, 0.1) is 17.2 Å². The third kappa shape index (κ3) is 2.34. The second-order valence-corrected chi connectivity index (χ2v) is 5.22. The van der Waals surface area contributed by atoms with E-state index in [1.807, 2.05) is 6.07 Å². The molecule has 1 aromatic carbocycles. The molecule has 118 valence electrons. The SMILES string of the molecule is CC(c1nc(-c2cccnn2)no1)n1cnc2ccccc2c1=O. The van der Waals surface area contributed by atoms with Crippen LogP contribution in [0.15, 0.2) is 58.2 Å². The average molecular weight is 320 g/mol. The van der Waals surface area contributed by atoms with E-state index in [4.69, 9.17) is 4.52 Å². The van der Waals surface area contributed by atoms with E-state index in [1.54, 1.807) is 43.5 Å². The zero-order chi connectivity index (χ0) is 16.5. The summed E-state index contributed by atoms with van der Waals surface area (Å²) < 4.78 is 6.75. The van der Waals surface area contributed by atoms with Crippen LogP contribution in [0.25, 0.3) is 22.4 Å². The van der Waals surface area contributed by atoms with Gasteiger partial charge < -0.3 is 4.52 Å². The molecule has 0 spiro atoms. The minimum atomic E-state index is -0.451. The smallest absolute Gasteiger partial charge is 0.261 e. The number of nitrogens with zero attached hydrogens (tertiary/aromatic N) is 6. The van der Waals surface area contributed by atoms with Crippen LogP contribution in [0, 0.1) is 0 Å². The molecule has 0 amide bonds. The molecule has 4 rings (SSSR count). The molecule has 24 heavy (non-hydrogen) atoms. The number of hydrogen-bond acceptors (Lipinski definition) is 7. The molecule has 0 N–H and O–H groups in total. The number of fused-ring (bicyclic) bond motifs is 1. The molecule has 0 fully saturated rings. The van der Waals surface area contributed by atoms with Crippen LogP contribution in [0.1, 0.15) is 18.9 Å². The van der Waals surface area contributed by atoms with Crippen molar-refractivity contribution in [2.75, 3.05) is 0 Å². The van der Waals surface area contributed by atoms with E-state index in [0.29, 0.717) is 28.3 Å². The Morgan fingerprint density at radius 3 is 2.88 bits per heavy atom. The molecule has 0 bridgehead atoms. The molecule has 0 saturated heterocycles. The molecular weight excluding hydrogens is 308 g/mol. The van der Waals surface area contributed by atoms with Crippen molar-refractivity contribution >= 4 is 10.9 Å². The third-order valence-corrected chi connectivity index (χ3v) is 3.71. The van der Waals surface area contributed by atoms with E-state index in [0.717, 1.165) is 0 Å². The Bertz CT molecular complexity index is 1060. The molecule has 1 unspecified atom stereocenters. The lowest BCUT2D eigenvalue weighted by Crippen LogP contribution is -2.24. The summed E-state index contributed by atoms with van der Waals surface area (Å²) in [5, 5.41) is 12.2. The highest BCUT2D eigenvalue weighted by Gasteiger charge is 2.19. The van der Waals surface area contributed by atoms with E-state index in [1.165, 1.54) is 10.9 Å². The van der Waals surface area contributed by atoms with Crippen LogP contribution >= 0.6 is 0 Å². The largest absolute Gasteiger partial charge is 0.337 e. The Morgan fingerprint density at radius 1 is 1.17 bits per heavy atom. The minimum absolute atomic E-state index is 0.160. The predicted molar refractivity (Wildman–Crippen MR) is 85.1 cm³/mol. The molecular formula is C16H12N6O2. The Morgan fingerprint density at radius 2 is 2.04 bits per heavy atom. The Hall–Kier alpha value is -3.42. The first kappa shape index (κ1) is 14.2. The van der Waals surface area contributed by atoms with Crippen LogP contribution in [0.5, 0.6) is 0 Å². The van der Waals surface area contributed by atoms with Crippen LogP contribution in [-0.4, -0.2) is 29.9 Å². The summed E-state index contributed by atoms with van der Waals surface area (Å²) >= 11 is 0. The lowest BCUT2D eigenvalue weighted by molar-refractivity contribution is 0.342. The molecule has 8 heteroatoms. The van der Waals surface area contributed by atoms with Crippen molar-refractivity contribution in [2.24, 2.45) is 0 Å². The molecule has 0 aliphatic carbocycles. The van der Waals surface area contributed by atoms with Gasteiger partial charge in [0.2, 0.25) is 11.7 Å². The average Bonchev–Trinajstić information content (AvgIpc) is 3.13. The summed E-state index contributed by atoms with van der Waals surface area (Å²) in [4.78, 5) is 21.2. The second-order valence-electron chi connectivity index (χ2n) is 5.22.